The summed E-state index contributed by atoms with van der Waals surface area (Å²) in [5.74, 6) is -3.61. The number of hydrogen-bond donors (Lipinski definition) is 3. The summed E-state index contributed by atoms with van der Waals surface area (Å²) in [6, 6.07) is 3.66. The fourth-order valence-electron chi connectivity index (χ4n) is 1.28. The summed E-state index contributed by atoms with van der Waals surface area (Å²) in [7, 11) is 0. The Hall–Kier alpha value is -1.51. The highest BCUT2D eigenvalue weighted by atomic mass is 79.9. The van der Waals surface area contributed by atoms with Crippen LogP contribution in [0.4, 0.5) is 23.2 Å². The molecule has 0 saturated carbocycles. The Kier molecular flexibility index (Phi) is 4.98. The zero-order valence-corrected chi connectivity index (χ0v) is 11.0. The van der Waals surface area contributed by atoms with Gasteiger partial charge in [-0.25, -0.2) is 4.39 Å². The molecule has 1 unspecified atom stereocenters. The minimum absolute atomic E-state index is 0.116. The highest BCUT2D eigenvalue weighted by molar-refractivity contribution is 9.10. The van der Waals surface area contributed by atoms with E-state index in [4.69, 9.17) is 10.9 Å². The van der Waals surface area contributed by atoms with Crippen molar-refractivity contribution in [3.63, 3.8) is 0 Å². The Morgan fingerprint density at radius 3 is 2.58 bits per heavy atom. The molecule has 0 amide bonds. The first-order valence-corrected chi connectivity index (χ1v) is 5.78. The predicted octanol–water partition coefficient (Wildman–Crippen LogP) is 2.93. The van der Waals surface area contributed by atoms with Gasteiger partial charge in [0.25, 0.3) is 0 Å². The molecule has 1 aromatic rings. The minimum atomic E-state index is -4.65. The molecular formula is C10H10BrF4N3O. The molecule has 106 valence electrons. The Bertz CT molecular complexity index is 478. The van der Waals surface area contributed by atoms with Crippen LogP contribution < -0.4 is 11.1 Å². The first-order valence-electron chi connectivity index (χ1n) is 4.98. The summed E-state index contributed by atoms with van der Waals surface area (Å²) < 4.78 is 50.9. The van der Waals surface area contributed by atoms with Crippen LogP contribution in [-0.2, 0) is 0 Å². The lowest BCUT2D eigenvalue weighted by molar-refractivity contribution is -0.152. The van der Waals surface area contributed by atoms with E-state index in [1.807, 2.05) is 0 Å². The summed E-state index contributed by atoms with van der Waals surface area (Å²) in [5.41, 5.74) is 5.26. The van der Waals surface area contributed by atoms with Crippen molar-refractivity contribution >= 4 is 27.5 Å². The van der Waals surface area contributed by atoms with E-state index in [1.165, 1.54) is 12.1 Å². The van der Waals surface area contributed by atoms with E-state index in [-0.39, 0.29) is 10.2 Å². The van der Waals surface area contributed by atoms with Gasteiger partial charge in [-0.1, -0.05) is 5.16 Å². The maximum Gasteiger partial charge on any atom is 0.400 e. The molecule has 0 spiro atoms. The number of nitrogens with one attached hydrogen (secondary N) is 1. The third-order valence-electron chi connectivity index (χ3n) is 2.30. The maximum absolute atomic E-state index is 12.9. The zero-order chi connectivity index (χ0) is 14.6. The van der Waals surface area contributed by atoms with Crippen LogP contribution in [0.2, 0.25) is 0 Å². The minimum Gasteiger partial charge on any atom is -0.409 e. The van der Waals surface area contributed by atoms with E-state index in [2.05, 4.69) is 26.4 Å². The van der Waals surface area contributed by atoms with Crippen molar-refractivity contribution in [3.05, 3.63) is 28.5 Å². The van der Waals surface area contributed by atoms with Gasteiger partial charge in [-0.3, -0.25) is 0 Å². The van der Waals surface area contributed by atoms with E-state index >= 15 is 0 Å². The van der Waals surface area contributed by atoms with Gasteiger partial charge in [-0.2, -0.15) is 13.2 Å². The number of alkyl halides is 3. The van der Waals surface area contributed by atoms with E-state index in [1.54, 1.807) is 0 Å². The van der Waals surface area contributed by atoms with Crippen LogP contribution in [0, 0.1) is 11.7 Å². The highest BCUT2D eigenvalue weighted by Gasteiger charge is 2.42. The van der Waals surface area contributed by atoms with Crippen molar-refractivity contribution in [2.24, 2.45) is 16.8 Å². The molecule has 0 radical (unpaired) electrons. The van der Waals surface area contributed by atoms with Crippen LogP contribution in [0.3, 0.4) is 0 Å². The number of halogens is 5. The van der Waals surface area contributed by atoms with Crippen LogP contribution in [0.1, 0.15) is 0 Å². The van der Waals surface area contributed by atoms with E-state index < -0.39 is 30.3 Å². The van der Waals surface area contributed by atoms with E-state index in [9.17, 15) is 17.6 Å². The van der Waals surface area contributed by atoms with Crippen molar-refractivity contribution in [3.8, 4) is 0 Å². The second-order valence-electron chi connectivity index (χ2n) is 3.63. The number of hydrogen-bond acceptors (Lipinski definition) is 3. The Labute approximate surface area is 114 Å². The van der Waals surface area contributed by atoms with E-state index in [0.717, 1.165) is 6.07 Å². The SMILES string of the molecule is N/C(=N/O)C(CNc1ccc(F)c(Br)c1)C(F)(F)F. The van der Waals surface area contributed by atoms with Gasteiger partial charge >= 0.3 is 6.18 Å². The second kappa shape index (κ2) is 6.09. The summed E-state index contributed by atoms with van der Waals surface area (Å²) in [6.07, 6.45) is -4.65. The number of oxime groups is 1. The lowest BCUT2D eigenvalue weighted by atomic mass is 10.1. The number of benzene rings is 1. The standard InChI is InChI=1S/C10H10BrF4N3O/c11-7-3-5(1-2-8(7)12)17-4-6(9(16)18-19)10(13,14)15/h1-3,6,17,19H,4H2,(H2,16,18). The maximum atomic E-state index is 12.9. The smallest absolute Gasteiger partial charge is 0.400 e. The van der Waals surface area contributed by atoms with Crippen LogP contribution in [0.15, 0.2) is 27.8 Å². The molecule has 0 aromatic heterocycles. The molecule has 0 bridgehead atoms. The van der Waals surface area contributed by atoms with E-state index in [0.29, 0.717) is 0 Å². The van der Waals surface area contributed by atoms with Gasteiger partial charge in [0.05, 0.1) is 4.47 Å². The van der Waals surface area contributed by atoms with Gasteiger partial charge in [0, 0.05) is 12.2 Å². The molecule has 1 rings (SSSR count). The van der Waals surface area contributed by atoms with Gasteiger partial charge < -0.3 is 16.3 Å². The monoisotopic (exact) mass is 343 g/mol. The van der Waals surface area contributed by atoms with Crippen LogP contribution in [-0.4, -0.2) is 23.8 Å². The van der Waals surface area contributed by atoms with Gasteiger partial charge in [0.1, 0.15) is 11.7 Å². The molecule has 0 aliphatic heterocycles. The van der Waals surface area contributed by atoms with Crippen molar-refractivity contribution in [1.29, 1.82) is 0 Å². The van der Waals surface area contributed by atoms with Crippen LogP contribution >= 0.6 is 15.9 Å². The number of amidine groups is 1. The fourth-order valence-corrected chi connectivity index (χ4v) is 1.66. The van der Waals surface area contributed by atoms with Crippen molar-refractivity contribution in [2.45, 2.75) is 6.18 Å². The summed E-state index contributed by atoms with van der Waals surface area (Å²) >= 11 is 2.91. The average molecular weight is 344 g/mol. The van der Waals surface area contributed by atoms with Gasteiger partial charge in [0.2, 0.25) is 0 Å². The molecule has 0 aliphatic carbocycles. The second-order valence-corrected chi connectivity index (χ2v) is 4.48. The van der Waals surface area contributed by atoms with Gasteiger partial charge in [-0.15, -0.1) is 0 Å². The first kappa shape index (κ1) is 15.5. The number of anilines is 1. The quantitative estimate of drug-likeness (QED) is 0.259. The lowest BCUT2D eigenvalue weighted by Gasteiger charge is -2.19. The van der Waals surface area contributed by atoms with Gasteiger partial charge in [0.15, 0.2) is 5.84 Å². The predicted molar refractivity (Wildman–Crippen MR) is 65.5 cm³/mol. The molecule has 0 aliphatic rings. The average Bonchev–Trinajstić information content (AvgIpc) is 2.31. The third kappa shape index (κ3) is 4.27. The molecule has 0 heterocycles. The normalized spacial score (nSPS) is 14.3. The zero-order valence-electron chi connectivity index (χ0n) is 9.38. The third-order valence-corrected chi connectivity index (χ3v) is 2.91. The van der Waals surface area contributed by atoms with Gasteiger partial charge in [-0.05, 0) is 34.1 Å². The molecule has 4 N–H and O–H groups in total. The van der Waals surface area contributed by atoms with Crippen molar-refractivity contribution < 1.29 is 22.8 Å². The molecule has 19 heavy (non-hydrogen) atoms. The topological polar surface area (TPSA) is 70.6 Å². The Morgan fingerprint density at radius 1 is 1.47 bits per heavy atom. The number of rotatable bonds is 4. The molecule has 1 atom stereocenters. The highest BCUT2D eigenvalue weighted by Crippen LogP contribution is 2.27. The van der Waals surface area contributed by atoms with Crippen LogP contribution in [0.5, 0.6) is 0 Å². The molecule has 1 aromatic carbocycles. The summed E-state index contributed by atoms with van der Waals surface area (Å²) in [4.78, 5) is 0. The molecule has 9 heteroatoms. The number of nitrogens with zero attached hydrogens (tertiary/aromatic N) is 1. The van der Waals surface area contributed by atoms with Crippen LogP contribution in [0.25, 0.3) is 0 Å². The Morgan fingerprint density at radius 2 is 2.11 bits per heavy atom. The van der Waals surface area contributed by atoms with Crippen molar-refractivity contribution in [1.82, 2.24) is 0 Å². The molecular weight excluding hydrogens is 334 g/mol. The fraction of sp³-hybridized carbons (Fsp3) is 0.300. The number of nitrogens with two attached hydrogens (primary N) is 1. The lowest BCUT2D eigenvalue weighted by Crippen LogP contribution is -2.40. The first-order chi connectivity index (χ1) is 8.75. The summed E-state index contributed by atoms with van der Waals surface area (Å²) in [6.45, 7) is -0.628. The largest absolute Gasteiger partial charge is 0.409 e. The Balaban J connectivity index is 2.79. The molecule has 0 fully saturated rings. The molecule has 0 saturated heterocycles. The van der Waals surface area contributed by atoms with Crippen molar-refractivity contribution in [2.75, 3.05) is 11.9 Å². The summed E-state index contributed by atoms with van der Waals surface area (Å²) in [5, 5.41) is 13.1. The molecule has 4 nitrogen and oxygen atoms in total.